The summed E-state index contributed by atoms with van der Waals surface area (Å²) in [6.07, 6.45) is 0. The third kappa shape index (κ3) is 6.56. The average Bonchev–Trinajstić information content (AvgIpc) is 3.85. The van der Waals surface area contributed by atoms with Gasteiger partial charge in [-0.15, -0.1) is 11.3 Å². The van der Waals surface area contributed by atoms with Crippen LogP contribution in [0.1, 0.15) is 25.0 Å². The van der Waals surface area contributed by atoms with Crippen LogP contribution in [0, 0.1) is 0 Å². The molecule has 0 N–H and O–H groups in total. The van der Waals surface area contributed by atoms with Gasteiger partial charge in [0, 0.05) is 42.3 Å². The van der Waals surface area contributed by atoms with E-state index in [1.807, 2.05) is 17.4 Å². The highest BCUT2D eigenvalue weighted by molar-refractivity contribution is 7.25. The summed E-state index contributed by atoms with van der Waals surface area (Å²) in [5, 5.41) is 2.58. The van der Waals surface area contributed by atoms with E-state index < -0.39 is 0 Å². The zero-order valence-electron chi connectivity index (χ0n) is 35.6. The summed E-state index contributed by atoms with van der Waals surface area (Å²) in [6.45, 7) is 4.72. The molecule has 11 aromatic rings. The maximum absolute atomic E-state index is 5.30. The van der Waals surface area contributed by atoms with E-state index in [0.29, 0.717) is 5.82 Å². The molecule has 0 fully saturated rings. The molecule has 2 aromatic heterocycles. The quantitative estimate of drug-likeness (QED) is 0.160. The van der Waals surface area contributed by atoms with Crippen LogP contribution >= 0.6 is 11.3 Å². The lowest BCUT2D eigenvalue weighted by Crippen LogP contribution is -2.15. The van der Waals surface area contributed by atoms with Crippen molar-refractivity contribution in [3.8, 4) is 89.5 Å². The summed E-state index contributed by atoms with van der Waals surface area (Å²) < 4.78 is 2.61. The standard InChI is InChI=1S/C61H42N2S/c1-61(2)53-23-14-22-49(41-17-8-4-9-18-41)59(53)51-31-29-45(37-54(51)61)40-25-27-42(28-26-40)55-38-56(63-60(62-55)43-19-10-5-11-20-43)48-34-46(39-15-6-3-7-16-39)33-47(35-48)44-30-32-58-52(36-44)50-21-12-13-24-57(50)64-58/h3-38H,1-2H3. The van der Waals surface area contributed by atoms with Crippen LogP contribution in [0.4, 0.5) is 0 Å². The third-order valence-electron chi connectivity index (χ3n) is 13.1. The molecule has 0 unspecified atom stereocenters. The van der Waals surface area contributed by atoms with Crippen molar-refractivity contribution < 1.29 is 0 Å². The second-order valence-corrected chi connectivity index (χ2v) is 18.4. The Labute approximate surface area is 377 Å². The molecular weight excluding hydrogens is 793 g/mol. The Morgan fingerprint density at radius 2 is 0.875 bits per heavy atom. The highest BCUT2D eigenvalue weighted by Crippen LogP contribution is 2.53. The third-order valence-corrected chi connectivity index (χ3v) is 14.3. The number of rotatable bonds is 7. The van der Waals surface area contributed by atoms with E-state index in [4.69, 9.17) is 9.97 Å². The van der Waals surface area contributed by atoms with E-state index in [9.17, 15) is 0 Å². The first-order valence-corrected chi connectivity index (χ1v) is 22.8. The minimum atomic E-state index is -0.126. The van der Waals surface area contributed by atoms with Crippen molar-refractivity contribution in [2.75, 3.05) is 0 Å². The summed E-state index contributed by atoms with van der Waals surface area (Å²) in [5.41, 5.74) is 19.7. The molecule has 3 heteroatoms. The molecule has 0 bridgehead atoms. The van der Waals surface area contributed by atoms with Gasteiger partial charge in [-0.2, -0.15) is 0 Å². The smallest absolute Gasteiger partial charge is 0.160 e. The summed E-state index contributed by atoms with van der Waals surface area (Å²) in [5.74, 6) is 0.699. The number of thiophene rings is 1. The van der Waals surface area contributed by atoms with E-state index in [2.05, 4.69) is 226 Å². The van der Waals surface area contributed by atoms with Crippen molar-refractivity contribution in [2.45, 2.75) is 19.3 Å². The molecule has 12 rings (SSSR count). The van der Waals surface area contributed by atoms with Gasteiger partial charge in [-0.25, -0.2) is 9.97 Å². The van der Waals surface area contributed by atoms with Gasteiger partial charge in [0.05, 0.1) is 11.4 Å². The molecule has 302 valence electrons. The van der Waals surface area contributed by atoms with Gasteiger partial charge >= 0.3 is 0 Å². The Kier molecular flexibility index (Phi) is 9.06. The van der Waals surface area contributed by atoms with Gasteiger partial charge in [0.2, 0.25) is 0 Å². The molecule has 2 nitrogen and oxygen atoms in total. The maximum Gasteiger partial charge on any atom is 0.160 e. The normalized spacial score (nSPS) is 12.7. The summed E-state index contributed by atoms with van der Waals surface area (Å²) in [7, 11) is 0. The summed E-state index contributed by atoms with van der Waals surface area (Å²) in [6, 6.07) is 79.1. The zero-order chi connectivity index (χ0) is 42.8. The molecule has 0 amide bonds. The first-order chi connectivity index (χ1) is 31.4. The highest BCUT2D eigenvalue weighted by atomic mass is 32.1. The molecule has 1 aliphatic rings. The van der Waals surface area contributed by atoms with Crippen molar-refractivity contribution >= 4 is 31.5 Å². The lowest BCUT2D eigenvalue weighted by Gasteiger charge is -2.22. The molecule has 0 spiro atoms. The van der Waals surface area contributed by atoms with Crippen LogP contribution in [0.15, 0.2) is 218 Å². The Hall–Kier alpha value is -7.72. The number of nitrogens with zero attached hydrogens (tertiary/aromatic N) is 2. The fraction of sp³-hybridized carbons (Fsp3) is 0.0492. The van der Waals surface area contributed by atoms with E-state index in [0.717, 1.165) is 44.8 Å². The van der Waals surface area contributed by atoms with Crippen LogP contribution in [0.5, 0.6) is 0 Å². The van der Waals surface area contributed by atoms with E-state index >= 15 is 0 Å². The predicted octanol–water partition coefficient (Wildman–Crippen LogP) is 16.8. The van der Waals surface area contributed by atoms with Crippen LogP contribution in [0.3, 0.4) is 0 Å². The van der Waals surface area contributed by atoms with E-state index in [1.54, 1.807) is 0 Å². The second-order valence-electron chi connectivity index (χ2n) is 17.4. The summed E-state index contributed by atoms with van der Waals surface area (Å²) in [4.78, 5) is 10.5. The Balaban J connectivity index is 0.954. The number of hydrogen-bond acceptors (Lipinski definition) is 3. The minimum Gasteiger partial charge on any atom is -0.228 e. The predicted molar refractivity (Wildman–Crippen MR) is 271 cm³/mol. The van der Waals surface area contributed by atoms with Gasteiger partial charge in [0.1, 0.15) is 0 Å². The van der Waals surface area contributed by atoms with Crippen molar-refractivity contribution in [3.63, 3.8) is 0 Å². The number of hydrogen-bond donors (Lipinski definition) is 0. The Morgan fingerprint density at radius 3 is 1.62 bits per heavy atom. The lowest BCUT2D eigenvalue weighted by molar-refractivity contribution is 0.660. The van der Waals surface area contributed by atoms with E-state index in [-0.39, 0.29) is 5.41 Å². The van der Waals surface area contributed by atoms with Crippen molar-refractivity contribution in [3.05, 3.63) is 230 Å². The number of benzene rings is 9. The lowest BCUT2D eigenvalue weighted by atomic mass is 9.81. The van der Waals surface area contributed by atoms with Crippen LogP contribution < -0.4 is 0 Å². The van der Waals surface area contributed by atoms with Crippen LogP contribution in [0.25, 0.3) is 110 Å². The monoisotopic (exact) mass is 834 g/mol. The van der Waals surface area contributed by atoms with E-state index in [1.165, 1.54) is 70.2 Å². The highest BCUT2D eigenvalue weighted by Gasteiger charge is 2.37. The van der Waals surface area contributed by atoms with Gasteiger partial charge in [-0.1, -0.05) is 184 Å². The van der Waals surface area contributed by atoms with Crippen molar-refractivity contribution in [1.29, 1.82) is 0 Å². The van der Waals surface area contributed by atoms with Crippen LogP contribution in [-0.2, 0) is 5.41 Å². The van der Waals surface area contributed by atoms with Crippen LogP contribution in [0.2, 0.25) is 0 Å². The average molecular weight is 835 g/mol. The second kappa shape index (κ2) is 15.3. The fourth-order valence-corrected chi connectivity index (χ4v) is 10.8. The molecule has 0 saturated carbocycles. The Morgan fingerprint density at radius 1 is 0.328 bits per heavy atom. The van der Waals surface area contributed by atoms with Gasteiger partial charge in [0.15, 0.2) is 5.82 Å². The number of aromatic nitrogens is 2. The molecule has 2 heterocycles. The summed E-state index contributed by atoms with van der Waals surface area (Å²) >= 11 is 1.85. The fourth-order valence-electron chi connectivity index (χ4n) is 9.76. The largest absolute Gasteiger partial charge is 0.228 e. The van der Waals surface area contributed by atoms with Crippen LogP contribution in [-0.4, -0.2) is 9.97 Å². The molecule has 9 aromatic carbocycles. The molecule has 0 saturated heterocycles. The first-order valence-electron chi connectivity index (χ1n) is 22.0. The van der Waals surface area contributed by atoms with Gasteiger partial charge in [0.25, 0.3) is 0 Å². The molecule has 0 atom stereocenters. The topological polar surface area (TPSA) is 25.8 Å². The zero-order valence-corrected chi connectivity index (χ0v) is 36.4. The van der Waals surface area contributed by atoms with Gasteiger partial charge in [-0.3, -0.25) is 0 Å². The molecule has 1 aliphatic carbocycles. The molecular formula is C61H42N2S. The van der Waals surface area contributed by atoms with Crippen molar-refractivity contribution in [1.82, 2.24) is 9.97 Å². The van der Waals surface area contributed by atoms with Crippen molar-refractivity contribution in [2.24, 2.45) is 0 Å². The van der Waals surface area contributed by atoms with Gasteiger partial charge < -0.3 is 0 Å². The SMILES string of the molecule is CC1(C)c2cc(-c3ccc(-c4cc(-c5cc(-c6ccccc6)cc(-c6ccc7sc8ccccc8c7c6)c5)nc(-c5ccccc5)n4)cc3)ccc2-c2c(-c3ccccc3)cccc21. The molecule has 0 radical (unpaired) electrons. The molecule has 64 heavy (non-hydrogen) atoms. The molecule has 0 aliphatic heterocycles. The first kappa shape index (κ1) is 38.0. The maximum atomic E-state index is 5.30. The van der Waals surface area contributed by atoms with Gasteiger partial charge in [-0.05, 0) is 115 Å². The minimum absolute atomic E-state index is 0.126. The Bertz CT molecular complexity index is 3550. The number of fused-ring (bicyclic) bond motifs is 6.